The summed E-state index contributed by atoms with van der Waals surface area (Å²) in [6, 6.07) is 0.448. The van der Waals surface area contributed by atoms with Gasteiger partial charge in [-0.05, 0) is 11.5 Å². The molecule has 0 unspecified atom stereocenters. The van der Waals surface area contributed by atoms with Crippen LogP contribution in [0.3, 0.4) is 0 Å². The van der Waals surface area contributed by atoms with E-state index in [0.29, 0.717) is 16.9 Å². The lowest BCUT2D eigenvalue weighted by atomic mass is 10.4. The SMILES string of the molecule is COc1nsc(CNC(C)C)c1Cl. The fourth-order valence-electron chi connectivity index (χ4n) is 0.830. The first-order valence-electron chi connectivity index (χ1n) is 4.06. The highest BCUT2D eigenvalue weighted by Crippen LogP contribution is 2.30. The number of rotatable bonds is 4. The van der Waals surface area contributed by atoms with Gasteiger partial charge in [0.1, 0.15) is 5.02 Å². The lowest BCUT2D eigenvalue weighted by Crippen LogP contribution is -2.21. The van der Waals surface area contributed by atoms with E-state index in [2.05, 4.69) is 23.5 Å². The summed E-state index contributed by atoms with van der Waals surface area (Å²) in [5.41, 5.74) is 0. The van der Waals surface area contributed by atoms with Crippen molar-refractivity contribution in [1.29, 1.82) is 0 Å². The lowest BCUT2D eigenvalue weighted by Gasteiger charge is -2.05. The van der Waals surface area contributed by atoms with Gasteiger partial charge in [0.15, 0.2) is 0 Å². The number of ether oxygens (including phenoxy) is 1. The Hall–Kier alpha value is -0.320. The normalized spacial score (nSPS) is 10.8. The summed E-state index contributed by atoms with van der Waals surface area (Å²) in [5.74, 6) is 0.521. The van der Waals surface area contributed by atoms with Gasteiger partial charge < -0.3 is 10.1 Å². The van der Waals surface area contributed by atoms with Gasteiger partial charge in [-0.1, -0.05) is 25.4 Å². The van der Waals surface area contributed by atoms with Crippen LogP contribution in [0.4, 0.5) is 0 Å². The highest BCUT2D eigenvalue weighted by atomic mass is 35.5. The van der Waals surface area contributed by atoms with E-state index in [0.717, 1.165) is 11.4 Å². The number of nitrogens with zero attached hydrogens (tertiary/aromatic N) is 1. The fourth-order valence-corrected chi connectivity index (χ4v) is 1.84. The smallest absolute Gasteiger partial charge is 0.244 e. The molecule has 13 heavy (non-hydrogen) atoms. The van der Waals surface area contributed by atoms with Gasteiger partial charge in [0.05, 0.1) is 12.0 Å². The predicted octanol–water partition coefficient (Wildman–Crippen LogP) is 2.30. The van der Waals surface area contributed by atoms with Crippen molar-refractivity contribution in [3.63, 3.8) is 0 Å². The van der Waals surface area contributed by atoms with Crippen molar-refractivity contribution in [3.05, 3.63) is 9.90 Å². The second kappa shape index (κ2) is 4.79. The molecule has 74 valence electrons. The number of methoxy groups -OCH3 is 1. The van der Waals surface area contributed by atoms with Crippen LogP contribution in [0.2, 0.25) is 5.02 Å². The van der Waals surface area contributed by atoms with Gasteiger partial charge in [-0.15, -0.1) is 0 Å². The predicted molar refractivity (Wildman–Crippen MR) is 55.7 cm³/mol. The summed E-state index contributed by atoms with van der Waals surface area (Å²) < 4.78 is 9.03. The monoisotopic (exact) mass is 220 g/mol. The number of hydrogen-bond donors (Lipinski definition) is 1. The Morgan fingerprint density at radius 3 is 2.77 bits per heavy atom. The zero-order chi connectivity index (χ0) is 9.84. The summed E-state index contributed by atoms with van der Waals surface area (Å²) in [6.07, 6.45) is 0. The minimum absolute atomic E-state index is 0.448. The Morgan fingerprint density at radius 2 is 2.31 bits per heavy atom. The second-order valence-corrected chi connectivity index (χ2v) is 4.20. The van der Waals surface area contributed by atoms with Crippen molar-refractivity contribution in [2.75, 3.05) is 7.11 Å². The molecule has 1 rings (SSSR count). The number of hydrogen-bond acceptors (Lipinski definition) is 4. The molecule has 1 heterocycles. The maximum atomic E-state index is 5.99. The molecular formula is C8H13ClN2OS. The Bertz CT molecular complexity index is 275. The quantitative estimate of drug-likeness (QED) is 0.846. The van der Waals surface area contributed by atoms with Gasteiger partial charge in [-0.2, -0.15) is 4.37 Å². The first kappa shape index (κ1) is 10.8. The molecule has 0 saturated heterocycles. The van der Waals surface area contributed by atoms with Crippen LogP contribution >= 0.6 is 23.1 Å². The van der Waals surface area contributed by atoms with E-state index >= 15 is 0 Å². The molecule has 0 aliphatic heterocycles. The maximum Gasteiger partial charge on any atom is 0.244 e. The molecule has 0 aromatic carbocycles. The number of halogens is 1. The van der Waals surface area contributed by atoms with Crippen molar-refractivity contribution in [1.82, 2.24) is 9.69 Å². The molecule has 0 saturated carbocycles. The van der Waals surface area contributed by atoms with Crippen molar-refractivity contribution < 1.29 is 4.74 Å². The van der Waals surface area contributed by atoms with Crippen LogP contribution < -0.4 is 10.1 Å². The Balaban J connectivity index is 2.62. The topological polar surface area (TPSA) is 34.1 Å². The largest absolute Gasteiger partial charge is 0.479 e. The molecule has 0 atom stereocenters. The van der Waals surface area contributed by atoms with E-state index in [9.17, 15) is 0 Å². The summed E-state index contributed by atoms with van der Waals surface area (Å²) in [5, 5.41) is 3.90. The molecule has 0 radical (unpaired) electrons. The molecule has 0 spiro atoms. The maximum absolute atomic E-state index is 5.99. The van der Waals surface area contributed by atoms with Crippen molar-refractivity contribution in [2.24, 2.45) is 0 Å². The van der Waals surface area contributed by atoms with Crippen LogP contribution in [0.25, 0.3) is 0 Å². The zero-order valence-corrected chi connectivity index (χ0v) is 9.50. The van der Waals surface area contributed by atoms with E-state index in [1.54, 1.807) is 7.11 Å². The van der Waals surface area contributed by atoms with Crippen LogP contribution in [0.15, 0.2) is 0 Å². The minimum atomic E-state index is 0.448. The van der Waals surface area contributed by atoms with Gasteiger partial charge in [0.25, 0.3) is 0 Å². The van der Waals surface area contributed by atoms with Crippen LogP contribution in [0.5, 0.6) is 5.88 Å². The van der Waals surface area contributed by atoms with Crippen molar-refractivity contribution in [3.8, 4) is 5.88 Å². The van der Waals surface area contributed by atoms with Gasteiger partial charge in [0.2, 0.25) is 5.88 Å². The summed E-state index contributed by atoms with van der Waals surface area (Å²) in [7, 11) is 1.57. The first-order chi connectivity index (χ1) is 6.15. The molecule has 1 N–H and O–H groups in total. The highest BCUT2D eigenvalue weighted by molar-refractivity contribution is 7.06. The zero-order valence-electron chi connectivity index (χ0n) is 7.93. The third-order valence-corrected chi connectivity index (χ3v) is 2.86. The van der Waals surface area contributed by atoms with Gasteiger partial charge in [0, 0.05) is 12.6 Å². The molecule has 5 heteroatoms. The fraction of sp³-hybridized carbons (Fsp3) is 0.625. The molecule has 0 aliphatic carbocycles. The third kappa shape index (κ3) is 2.83. The first-order valence-corrected chi connectivity index (χ1v) is 5.21. The van der Waals surface area contributed by atoms with Crippen molar-refractivity contribution in [2.45, 2.75) is 26.4 Å². The average Bonchev–Trinajstić information content (AvgIpc) is 2.43. The Kier molecular flexibility index (Phi) is 3.96. The number of nitrogens with one attached hydrogen (secondary N) is 1. The molecule has 1 aromatic heterocycles. The van der Waals surface area contributed by atoms with Crippen LogP contribution in [-0.4, -0.2) is 17.5 Å². The average molecular weight is 221 g/mol. The van der Waals surface area contributed by atoms with Crippen LogP contribution in [0, 0.1) is 0 Å². The Morgan fingerprint density at radius 1 is 1.62 bits per heavy atom. The van der Waals surface area contributed by atoms with Crippen LogP contribution in [0.1, 0.15) is 18.7 Å². The van der Waals surface area contributed by atoms with Gasteiger partial charge in [-0.25, -0.2) is 0 Å². The summed E-state index contributed by atoms with van der Waals surface area (Å²) in [6.45, 7) is 4.93. The van der Waals surface area contributed by atoms with Gasteiger partial charge >= 0.3 is 0 Å². The minimum Gasteiger partial charge on any atom is -0.479 e. The molecule has 0 fully saturated rings. The van der Waals surface area contributed by atoms with Crippen molar-refractivity contribution >= 4 is 23.1 Å². The van der Waals surface area contributed by atoms with E-state index in [1.165, 1.54) is 11.5 Å². The summed E-state index contributed by atoms with van der Waals surface area (Å²) >= 11 is 7.36. The van der Waals surface area contributed by atoms with Gasteiger partial charge in [-0.3, -0.25) is 0 Å². The third-order valence-electron chi connectivity index (χ3n) is 1.54. The van der Waals surface area contributed by atoms with E-state index < -0.39 is 0 Å². The molecule has 0 bridgehead atoms. The molecule has 3 nitrogen and oxygen atoms in total. The molecule has 0 amide bonds. The standard InChI is InChI=1S/C8H13ClN2OS/c1-5(2)10-4-6-7(9)8(12-3)11-13-6/h5,10H,4H2,1-3H3. The molecule has 0 aliphatic rings. The highest BCUT2D eigenvalue weighted by Gasteiger charge is 2.11. The summed E-state index contributed by atoms with van der Waals surface area (Å²) in [4.78, 5) is 1.02. The molecule has 1 aromatic rings. The number of aromatic nitrogens is 1. The van der Waals surface area contributed by atoms with E-state index in [4.69, 9.17) is 16.3 Å². The van der Waals surface area contributed by atoms with Crippen LogP contribution in [-0.2, 0) is 6.54 Å². The molecular weight excluding hydrogens is 208 g/mol. The lowest BCUT2D eigenvalue weighted by molar-refractivity contribution is 0.402. The van der Waals surface area contributed by atoms with E-state index in [1.807, 2.05) is 0 Å². The Labute approximate surface area is 87.2 Å². The second-order valence-electron chi connectivity index (χ2n) is 2.96. The van der Waals surface area contributed by atoms with E-state index in [-0.39, 0.29) is 0 Å².